The van der Waals surface area contributed by atoms with Crippen molar-refractivity contribution in [2.45, 2.75) is 19.0 Å². The van der Waals surface area contributed by atoms with Gasteiger partial charge in [-0.25, -0.2) is 0 Å². The number of aliphatic carboxylic acids is 1. The lowest BCUT2D eigenvalue weighted by atomic mass is 10.2. The highest BCUT2D eigenvalue weighted by molar-refractivity contribution is 5.94. The maximum absolute atomic E-state index is 11.9. The van der Waals surface area contributed by atoms with E-state index in [2.05, 4.69) is 10.1 Å². The Morgan fingerprint density at radius 3 is 2.33 bits per heavy atom. The lowest BCUT2D eigenvalue weighted by molar-refractivity contribution is -0.153. The number of carboxylic acids is 1. The van der Waals surface area contributed by atoms with Crippen LogP contribution in [0.4, 0.5) is 13.2 Å². The number of hydrogen-bond donors (Lipinski definition) is 2. The molecular formula is C13H14F3NO4. The van der Waals surface area contributed by atoms with Crippen molar-refractivity contribution in [3.05, 3.63) is 29.8 Å². The summed E-state index contributed by atoms with van der Waals surface area (Å²) in [6.07, 6.45) is -4.17. The number of carboxylic acid groups (broad SMARTS) is 1. The fraction of sp³-hybridized carbons (Fsp3) is 0.385. The molecule has 8 heteroatoms. The first-order chi connectivity index (χ1) is 9.78. The van der Waals surface area contributed by atoms with E-state index in [9.17, 15) is 22.8 Å². The first-order valence-electron chi connectivity index (χ1n) is 6.07. The molecule has 0 saturated carbocycles. The third-order valence-electron chi connectivity index (χ3n) is 2.37. The van der Waals surface area contributed by atoms with Gasteiger partial charge in [0.1, 0.15) is 5.75 Å². The van der Waals surface area contributed by atoms with E-state index in [1.807, 2.05) is 0 Å². The van der Waals surface area contributed by atoms with Crippen molar-refractivity contribution < 1.29 is 32.6 Å². The van der Waals surface area contributed by atoms with Gasteiger partial charge in [0.25, 0.3) is 5.91 Å². The minimum atomic E-state index is -4.42. The van der Waals surface area contributed by atoms with Crippen LogP contribution in [0.15, 0.2) is 24.3 Å². The second kappa shape index (κ2) is 7.51. The van der Waals surface area contributed by atoms with Gasteiger partial charge in [-0.2, -0.15) is 13.2 Å². The van der Waals surface area contributed by atoms with E-state index < -0.39 is 24.7 Å². The number of carbonyl (C=O) groups excluding carboxylic acids is 1. The molecule has 0 fully saturated rings. The maximum Gasteiger partial charge on any atom is 0.422 e. The van der Waals surface area contributed by atoms with Crippen LogP contribution in [0, 0.1) is 0 Å². The van der Waals surface area contributed by atoms with Gasteiger partial charge in [0.15, 0.2) is 6.61 Å². The highest BCUT2D eigenvalue weighted by Crippen LogP contribution is 2.18. The predicted octanol–water partition coefficient (Wildman–Crippen LogP) is 2.22. The largest absolute Gasteiger partial charge is 0.484 e. The standard InChI is InChI=1S/C13H14F3NO4/c14-13(15,16)8-21-10-5-3-9(4-6-10)12(20)17-7-1-2-11(18)19/h3-6H,1-2,7-8H2,(H,17,20)(H,18,19). The zero-order chi connectivity index (χ0) is 15.9. The van der Waals surface area contributed by atoms with Gasteiger partial charge >= 0.3 is 12.1 Å². The van der Waals surface area contributed by atoms with Crippen LogP contribution in [0.5, 0.6) is 5.75 Å². The van der Waals surface area contributed by atoms with Crippen LogP contribution < -0.4 is 10.1 Å². The molecule has 0 bridgehead atoms. The first-order valence-corrected chi connectivity index (χ1v) is 6.07. The lowest BCUT2D eigenvalue weighted by Gasteiger charge is -2.09. The SMILES string of the molecule is O=C(O)CCCNC(=O)c1ccc(OCC(F)(F)F)cc1. The molecule has 21 heavy (non-hydrogen) atoms. The van der Waals surface area contributed by atoms with E-state index in [-0.39, 0.29) is 24.3 Å². The number of benzene rings is 1. The molecule has 1 aromatic carbocycles. The molecule has 0 spiro atoms. The highest BCUT2D eigenvalue weighted by atomic mass is 19.4. The summed E-state index contributed by atoms with van der Waals surface area (Å²) in [4.78, 5) is 21.9. The fourth-order valence-electron chi connectivity index (χ4n) is 1.41. The molecule has 1 rings (SSSR count). The maximum atomic E-state index is 11.9. The fourth-order valence-corrected chi connectivity index (χ4v) is 1.41. The molecular weight excluding hydrogens is 291 g/mol. The van der Waals surface area contributed by atoms with Crippen molar-refractivity contribution in [2.24, 2.45) is 0 Å². The van der Waals surface area contributed by atoms with Crippen molar-refractivity contribution in [1.29, 1.82) is 0 Å². The first kappa shape index (κ1) is 16.8. The number of hydrogen-bond acceptors (Lipinski definition) is 3. The van der Waals surface area contributed by atoms with Gasteiger partial charge in [-0.1, -0.05) is 0 Å². The van der Waals surface area contributed by atoms with Gasteiger partial charge in [0.2, 0.25) is 0 Å². The van der Waals surface area contributed by atoms with Crippen LogP contribution in [-0.2, 0) is 4.79 Å². The number of rotatable bonds is 7. The monoisotopic (exact) mass is 305 g/mol. The predicted molar refractivity (Wildman–Crippen MR) is 67.2 cm³/mol. The van der Waals surface area contributed by atoms with Crippen molar-refractivity contribution in [3.63, 3.8) is 0 Å². The van der Waals surface area contributed by atoms with Gasteiger partial charge in [-0.05, 0) is 30.7 Å². The van der Waals surface area contributed by atoms with Crippen LogP contribution in [0.2, 0.25) is 0 Å². The van der Waals surface area contributed by atoms with Crippen LogP contribution in [-0.4, -0.2) is 36.3 Å². The van der Waals surface area contributed by atoms with E-state index in [0.717, 1.165) is 0 Å². The highest BCUT2D eigenvalue weighted by Gasteiger charge is 2.28. The van der Waals surface area contributed by atoms with Gasteiger partial charge < -0.3 is 15.2 Å². The van der Waals surface area contributed by atoms with Crippen LogP contribution in [0.25, 0.3) is 0 Å². The summed E-state index contributed by atoms with van der Waals surface area (Å²) in [5.41, 5.74) is 0.254. The molecule has 0 heterocycles. The summed E-state index contributed by atoms with van der Waals surface area (Å²) in [7, 11) is 0. The molecule has 1 aromatic rings. The van der Waals surface area contributed by atoms with E-state index in [4.69, 9.17) is 5.11 Å². The van der Waals surface area contributed by atoms with Gasteiger partial charge in [0.05, 0.1) is 0 Å². The Morgan fingerprint density at radius 1 is 1.19 bits per heavy atom. The average molecular weight is 305 g/mol. The Labute approximate surface area is 118 Å². The Morgan fingerprint density at radius 2 is 1.81 bits per heavy atom. The normalized spacial score (nSPS) is 11.0. The van der Waals surface area contributed by atoms with Gasteiger partial charge in [-0.3, -0.25) is 9.59 Å². The summed E-state index contributed by atoms with van der Waals surface area (Å²) in [6, 6.07) is 5.19. The molecule has 0 radical (unpaired) electrons. The van der Waals surface area contributed by atoms with Crippen LogP contribution in [0.1, 0.15) is 23.2 Å². The molecule has 0 aliphatic carbocycles. The van der Waals surface area contributed by atoms with E-state index >= 15 is 0 Å². The Hall–Kier alpha value is -2.25. The Balaban J connectivity index is 2.42. The summed E-state index contributed by atoms with van der Waals surface area (Å²) in [5.74, 6) is -1.37. The second-order valence-corrected chi connectivity index (χ2v) is 4.18. The second-order valence-electron chi connectivity index (χ2n) is 4.18. The van der Waals surface area contributed by atoms with E-state index in [1.165, 1.54) is 24.3 Å². The Kier molecular flexibility index (Phi) is 6.01. The minimum Gasteiger partial charge on any atom is -0.484 e. The van der Waals surface area contributed by atoms with Crippen molar-refractivity contribution in [3.8, 4) is 5.75 Å². The van der Waals surface area contributed by atoms with E-state index in [0.29, 0.717) is 6.42 Å². The van der Waals surface area contributed by atoms with Gasteiger partial charge in [-0.15, -0.1) is 0 Å². The molecule has 0 saturated heterocycles. The van der Waals surface area contributed by atoms with Crippen molar-refractivity contribution in [1.82, 2.24) is 5.32 Å². The smallest absolute Gasteiger partial charge is 0.422 e. The number of ether oxygens (including phenoxy) is 1. The number of nitrogens with one attached hydrogen (secondary N) is 1. The summed E-state index contributed by atoms with van der Waals surface area (Å²) in [6.45, 7) is -1.19. The molecule has 116 valence electrons. The number of halogens is 3. The molecule has 0 aromatic heterocycles. The molecule has 0 aliphatic rings. The molecule has 2 N–H and O–H groups in total. The quantitative estimate of drug-likeness (QED) is 0.757. The molecule has 1 amide bonds. The van der Waals surface area contributed by atoms with Crippen molar-refractivity contribution >= 4 is 11.9 Å². The Bertz CT molecular complexity index is 485. The number of carbonyl (C=O) groups is 2. The zero-order valence-corrected chi connectivity index (χ0v) is 10.9. The van der Waals surface area contributed by atoms with Crippen LogP contribution in [0.3, 0.4) is 0 Å². The van der Waals surface area contributed by atoms with E-state index in [1.54, 1.807) is 0 Å². The van der Waals surface area contributed by atoms with Gasteiger partial charge in [0, 0.05) is 18.5 Å². The number of amides is 1. The third-order valence-corrected chi connectivity index (χ3v) is 2.37. The average Bonchev–Trinajstić information content (AvgIpc) is 2.40. The third kappa shape index (κ3) is 7.19. The summed E-state index contributed by atoms with van der Waals surface area (Å²) < 4.78 is 40.4. The minimum absolute atomic E-state index is 0.00903. The topological polar surface area (TPSA) is 75.6 Å². The molecule has 5 nitrogen and oxygen atoms in total. The lowest BCUT2D eigenvalue weighted by Crippen LogP contribution is -2.24. The van der Waals surface area contributed by atoms with Crippen molar-refractivity contribution in [2.75, 3.05) is 13.2 Å². The van der Waals surface area contributed by atoms with Crippen LogP contribution >= 0.6 is 0 Å². The molecule has 0 unspecified atom stereocenters. The zero-order valence-electron chi connectivity index (χ0n) is 10.9. The summed E-state index contributed by atoms with van der Waals surface area (Å²) >= 11 is 0. The summed E-state index contributed by atoms with van der Waals surface area (Å²) in [5, 5.41) is 10.9. The molecule has 0 aliphatic heterocycles. The molecule has 0 atom stereocenters. The number of alkyl halides is 3.